The van der Waals surface area contributed by atoms with Crippen molar-refractivity contribution in [3.05, 3.63) is 0 Å². The van der Waals surface area contributed by atoms with Gasteiger partial charge in [0, 0.05) is 6.04 Å². The van der Waals surface area contributed by atoms with Gasteiger partial charge >= 0.3 is 0 Å². The van der Waals surface area contributed by atoms with E-state index in [4.69, 9.17) is 0 Å². The average Bonchev–Trinajstić information content (AvgIpc) is 2.38. The summed E-state index contributed by atoms with van der Waals surface area (Å²) < 4.78 is 0. The van der Waals surface area contributed by atoms with Crippen LogP contribution in [0, 0.1) is 0 Å². The molecule has 110 valence electrons. The Hall–Kier alpha value is -0.120. The molecule has 0 aromatic carbocycles. The van der Waals surface area contributed by atoms with Gasteiger partial charge in [0.1, 0.15) is 0 Å². The monoisotopic (exact) mass is 257 g/mol. The van der Waals surface area contributed by atoms with E-state index in [1.165, 1.54) is 52.1 Å². The molecule has 18 heavy (non-hydrogen) atoms. The predicted molar refractivity (Wildman–Crippen MR) is 82.3 cm³/mol. The lowest BCUT2D eigenvalue weighted by Crippen LogP contribution is -2.34. The molecule has 0 aliphatic rings. The normalized spacial score (nSPS) is 13.5. The molecule has 0 amide bonds. The van der Waals surface area contributed by atoms with Gasteiger partial charge in [-0.1, -0.05) is 27.7 Å². The Morgan fingerprint density at radius 1 is 0.833 bits per heavy atom. The fourth-order valence-corrected chi connectivity index (χ4v) is 2.31. The molecular formula is C15H35N3. The molecule has 0 aromatic rings. The summed E-state index contributed by atoms with van der Waals surface area (Å²) in [5.74, 6) is 0. The molecule has 0 radical (unpaired) electrons. The lowest BCUT2D eigenvalue weighted by molar-refractivity contribution is 0.236. The van der Waals surface area contributed by atoms with E-state index < -0.39 is 0 Å². The molecule has 1 unspecified atom stereocenters. The van der Waals surface area contributed by atoms with Crippen LogP contribution in [0.1, 0.15) is 47.5 Å². The molecule has 0 fully saturated rings. The van der Waals surface area contributed by atoms with Gasteiger partial charge in [-0.05, 0) is 65.6 Å². The minimum absolute atomic E-state index is 0.645. The first-order chi connectivity index (χ1) is 8.67. The molecule has 3 heteroatoms. The van der Waals surface area contributed by atoms with Crippen molar-refractivity contribution in [2.75, 3.05) is 45.8 Å². The summed E-state index contributed by atoms with van der Waals surface area (Å²) in [5.41, 5.74) is 0. The third kappa shape index (κ3) is 8.90. The maximum absolute atomic E-state index is 3.48. The van der Waals surface area contributed by atoms with Crippen molar-refractivity contribution < 1.29 is 0 Å². The van der Waals surface area contributed by atoms with E-state index in [0.717, 1.165) is 6.54 Å². The molecule has 0 aliphatic heterocycles. The first-order valence-corrected chi connectivity index (χ1v) is 7.85. The van der Waals surface area contributed by atoms with Crippen molar-refractivity contribution in [2.24, 2.45) is 0 Å². The highest BCUT2D eigenvalue weighted by Gasteiger charge is 2.06. The van der Waals surface area contributed by atoms with Crippen LogP contribution < -0.4 is 5.32 Å². The van der Waals surface area contributed by atoms with Crippen LogP contribution in [0.25, 0.3) is 0 Å². The molecular weight excluding hydrogens is 222 g/mol. The Kier molecular flexibility index (Phi) is 11.9. The van der Waals surface area contributed by atoms with Crippen molar-refractivity contribution in [1.82, 2.24) is 15.1 Å². The van der Waals surface area contributed by atoms with Gasteiger partial charge in [-0.2, -0.15) is 0 Å². The summed E-state index contributed by atoms with van der Waals surface area (Å²) in [6, 6.07) is 0.645. The second kappa shape index (κ2) is 11.9. The van der Waals surface area contributed by atoms with E-state index in [-0.39, 0.29) is 0 Å². The van der Waals surface area contributed by atoms with Gasteiger partial charge in [0.05, 0.1) is 0 Å². The molecule has 0 rings (SSSR count). The van der Waals surface area contributed by atoms with Gasteiger partial charge in [0.15, 0.2) is 0 Å². The van der Waals surface area contributed by atoms with E-state index in [1.54, 1.807) is 0 Å². The zero-order chi connectivity index (χ0) is 13.8. The molecule has 0 aromatic heterocycles. The van der Waals surface area contributed by atoms with Gasteiger partial charge in [-0.3, -0.25) is 0 Å². The summed E-state index contributed by atoms with van der Waals surface area (Å²) in [5, 5.41) is 3.48. The highest BCUT2D eigenvalue weighted by molar-refractivity contribution is 4.65. The van der Waals surface area contributed by atoms with Crippen molar-refractivity contribution in [2.45, 2.75) is 53.5 Å². The van der Waals surface area contributed by atoms with Crippen LogP contribution in [0.15, 0.2) is 0 Å². The molecule has 0 saturated carbocycles. The lowest BCUT2D eigenvalue weighted by atomic mass is 10.2. The number of nitrogens with one attached hydrogen (secondary N) is 1. The maximum atomic E-state index is 3.48. The van der Waals surface area contributed by atoms with Crippen LogP contribution >= 0.6 is 0 Å². The molecule has 1 N–H and O–H groups in total. The zero-order valence-corrected chi connectivity index (χ0v) is 13.3. The number of nitrogens with zero attached hydrogens (tertiary/aromatic N) is 2. The van der Waals surface area contributed by atoms with Crippen molar-refractivity contribution >= 4 is 0 Å². The number of hydrogen-bond donors (Lipinski definition) is 1. The van der Waals surface area contributed by atoms with E-state index in [9.17, 15) is 0 Å². The summed E-state index contributed by atoms with van der Waals surface area (Å²) in [7, 11) is 0. The van der Waals surface area contributed by atoms with E-state index in [1.807, 2.05) is 0 Å². The highest BCUT2D eigenvalue weighted by atomic mass is 15.1. The lowest BCUT2D eigenvalue weighted by Gasteiger charge is -2.24. The molecule has 1 atom stereocenters. The van der Waals surface area contributed by atoms with E-state index >= 15 is 0 Å². The fourth-order valence-electron chi connectivity index (χ4n) is 2.31. The van der Waals surface area contributed by atoms with Crippen LogP contribution in [0.5, 0.6) is 0 Å². The molecule has 0 heterocycles. The summed E-state index contributed by atoms with van der Waals surface area (Å²) in [6.07, 6.45) is 2.55. The van der Waals surface area contributed by atoms with Gasteiger partial charge < -0.3 is 15.1 Å². The van der Waals surface area contributed by atoms with E-state index in [0.29, 0.717) is 6.04 Å². The second-order valence-electron chi connectivity index (χ2n) is 5.06. The third-order valence-corrected chi connectivity index (χ3v) is 3.72. The van der Waals surface area contributed by atoms with Gasteiger partial charge in [0.2, 0.25) is 0 Å². The van der Waals surface area contributed by atoms with Gasteiger partial charge in [-0.15, -0.1) is 0 Å². The van der Waals surface area contributed by atoms with Crippen LogP contribution in [-0.2, 0) is 0 Å². The minimum Gasteiger partial charge on any atom is -0.314 e. The smallest absolute Gasteiger partial charge is 0.00507 e. The SMILES string of the molecule is CCNC(C)CCN(CC)CCCN(CC)CC. The molecule has 0 bridgehead atoms. The molecule has 0 aliphatic carbocycles. The summed E-state index contributed by atoms with van der Waals surface area (Å²) in [4.78, 5) is 5.09. The zero-order valence-electron chi connectivity index (χ0n) is 13.3. The Morgan fingerprint density at radius 3 is 1.89 bits per heavy atom. The fraction of sp³-hybridized carbons (Fsp3) is 1.00. The van der Waals surface area contributed by atoms with Gasteiger partial charge in [0.25, 0.3) is 0 Å². The van der Waals surface area contributed by atoms with Gasteiger partial charge in [-0.25, -0.2) is 0 Å². The van der Waals surface area contributed by atoms with Crippen molar-refractivity contribution in [3.63, 3.8) is 0 Å². The van der Waals surface area contributed by atoms with Crippen LogP contribution in [0.3, 0.4) is 0 Å². The van der Waals surface area contributed by atoms with Crippen molar-refractivity contribution in [1.29, 1.82) is 0 Å². The van der Waals surface area contributed by atoms with E-state index in [2.05, 4.69) is 49.7 Å². The third-order valence-electron chi connectivity index (χ3n) is 3.72. The second-order valence-corrected chi connectivity index (χ2v) is 5.06. The van der Waals surface area contributed by atoms with Crippen LogP contribution in [0.2, 0.25) is 0 Å². The molecule has 3 nitrogen and oxygen atoms in total. The maximum Gasteiger partial charge on any atom is 0.00507 e. The molecule has 0 saturated heterocycles. The van der Waals surface area contributed by atoms with Crippen molar-refractivity contribution in [3.8, 4) is 0 Å². The average molecular weight is 257 g/mol. The topological polar surface area (TPSA) is 18.5 Å². The summed E-state index contributed by atoms with van der Waals surface area (Å²) in [6.45, 7) is 19.6. The van der Waals surface area contributed by atoms with Crippen LogP contribution in [0.4, 0.5) is 0 Å². The Balaban J connectivity index is 3.69. The summed E-state index contributed by atoms with van der Waals surface area (Å²) >= 11 is 0. The highest BCUT2D eigenvalue weighted by Crippen LogP contribution is 1.99. The van der Waals surface area contributed by atoms with Crippen LogP contribution in [-0.4, -0.2) is 61.7 Å². The standard InChI is InChI=1S/C15H35N3/c1-6-16-15(5)11-14-18(9-4)13-10-12-17(7-2)8-3/h15-16H,6-14H2,1-5H3. The molecule has 0 spiro atoms. The quantitative estimate of drug-likeness (QED) is 0.579. The largest absolute Gasteiger partial charge is 0.314 e. The number of hydrogen-bond acceptors (Lipinski definition) is 3. The first kappa shape index (κ1) is 17.9. The Morgan fingerprint density at radius 2 is 1.39 bits per heavy atom. The first-order valence-electron chi connectivity index (χ1n) is 7.85. The Bertz CT molecular complexity index is 169. The predicted octanol–water partition coefficient (Wildman–Crippen LogP) is 2.43. The minimum atomic E-state index is 0.645. The Labute approximate surface area is 115 Å². The number of rotatable bonds is 12.